The summed E-state index contributed by atoms with van der Waals surface area (Å²) in [5.41, 5.74) is 0. The highest BCUT2D eigenvalue weighted by Crippen LogP contribution is 2.13. The fraction of sp³-hybridized carbons (Fsp3) is 1.00. The maximum absolute atomic E-state index is 9.49. The summed E-state index contributed by atoms with van der Waals surface area (Å²) in [5, 5.41) is 13.0. The summed E-state index contributed by atoms with van der Waals surface area (Å²) in [6, 6.07) is 0.685. The van der Waals surface area contributed by atoms with E-state index in [2.05, 4.69) is 10.2 Å². The van der Waals surface area contributed by atoms with Crippen molar-refractivity contribution < 1.29 is 5.11 Å². The number of nitrogens with one attached hydrogen (secondary N) is 1. The number of likely N-dealkylation sites (tertiary alicyclic amines) is 1. The van der Waals surface area contributed by atoms with Crippen LogP contribution in [0.2, 0.25) is 0 Å². The summed E-state index contributed by atoms with van der Waals surface area (Å²) in [4.78, 5) is 2.40. The molecule has 2 fully saturated rings. The molecule has 0 saturated carbocycles. The van der Waals surface area contributed by atoms with Crippen LogP contribution in [-0.2, 0) is 0 Å². The second-order valence-corrected chi connectivity index (χ2v) is 4.35. The van der Waals surface area contributed by atoms with Crippen molar-refractivity contribution in [2.45, 2.75) is 37.8 Å². The smallest absolute Gasteiger partial charge is 0.0667 e. The van der Waals surface area contributed by atoms with Crippen LogP contribution in [0.25, 0.3) is 0 Å². The molecule has 0 bridgehead atoms. The molecule has 0 aliphatic carbocycles. The number of aliphatic hydroxyl groups is 1. The molecule has 2 atom stereocenters. The van der Waals surface area contributed by atoms with Crippen LogP contribution in [0.3, 0.4) is 0 Å². The molecule has 84 valence electrons. The summed E-state index contributed by atoms with van der Waals surface area (Å²) < 4.78 is 0. The minimum Gasteiger partial charge on any atom is -0.392 e. The third-order valence-corrected chi connectivity index (χ3v) is 3.12. The molecule has 2 saturated heterocycles. The molecule has 2 N–H and O–H groups in total. The number of rotatable bonds is 2. The van der Waals surface area contributed by atoms with Gasteiger partial charge in [-0.1, -0.05) is 0 Å². The molecule has 2 aliphatic rings. The first-order chi connectivity index (χ1) is 6.34. The van der Waals surface area contributed by atoms with Gasteiger partial charge < -0.3 is 10.4 Å². The van der Waals surface area contributed by atoms with Crippen molar-refractivity contribution in [3.8, 4) is 0 Å². The maximum atomic E-state index is 9.49. The van der Waals surface area contributed by atoms with Gasteiger partial charge in [0.2, 0.25) is 0 Å². The zero-order valence-corrected chi connectivity index (χ0v) is 9.43. The van der Waals surface area contributed by atoms with Crippen molar-refractivity contribution in [3.05, 3.63) is 0 Å². The third-order valence-electron chi connectivity index (χ3n) is 3.12. The number of aliphatic hydroxyl groups excluding tert-OH is 1. The molecule has 3 nitrogen and oxygen atoms in total. The van der Waals surface area contributed by atoms with Gasteiger partial charge >= 0.3 is 0 Å². The molecule has 0 aromatic rings. The molecule has 14 heavy (non-hydrogen) atoms. The van der Waals surface area contributed by atoms with Crippen LogP contribution in [0.5, 0.6) is 0 Å². The highest BCUT2D eigenvalue weighted by Gasteiger charge is 2.22. The summed E-state index contributed by atoms with van der Waals surface area (Å²) in [6.07, 6.45) is 4.71. The van der Waals surface area contributed by atoms with Crippen molar-refractivity contribution in [2.75, 3.05) is 26.2 Å². The lowest BCUT2D eigenvalue weighted by Gasteiger charge is -2.31. The molecule has 2 rings (SSSR count). The molecule has 2 aliphatic heterocycles. The standard InChI is InChI=1S/C10H20N2O.ClH/c13-10-4-2-6-12(8-10)7-9-3-1-5-11-9;/h9-11,13H,1-8H2;1H/t9-,10-;/m0./s1. The fourth-order valence-corrected chi connectivity index (χ4v) is 2.42. The number of hydrogen-bond acceptors (Lipinski definition) is 3. The predicted molar refractivity (Wildman–Crippen MR) is 60.0 cm³/mol. The van der Waals surface area contributed by atoms with Crippen LogP contribution in [-0.4, -0.2) is 48.3 Å². The number of β-amino-alcohol motifs (C(OH)–C–C–N with tert-alkyl or cyclic N) is 1. The van der Waals surface area contributed by atoms with Gasteiger partial charge in [-0.3, -0.25) is 4.90 Å². The minimum absolute atomic E-state index is 0. The minimum atomic E-state index is -0.0739. The lowest BCUT2D eigenvalue weighted by molar-refractivity contribution is 0.0666. The van der Waals surface area contributed by atoms with Crippen LogP contribution >= 0.6 is 12.4 Å². The van der Waals surface area contributed by atoms with Crippen LogP contribution in [0.1, 0.15) is 25.7 Å². The molecule has 2 heterocycles. The van der Waals surface area contributed by atoms with E-state index in [-0.39, 0.29) is 18.5 Å². The molecule has 0 aromatic carbocycles. The molecule has 0 unspecified atom stereocenters. The lowest BCUT2D eigenvalue weighted by Crippen LogP contribution is -2.44. The zero-order valence-electron chi connectivity index (χ0n) is 8.61. The Morgan fingerprint density at radius 1 is 1.29 bits per heavy atom. The average molecular weight is 221 g/mol. The van der Waals surface area contributed by atoms with E-state index in [1.165, 1.54) is 25.9 Å². The lowest BCUT2D eigenvalue weighted by atomic mass is 10.1. The largest absolute Gasteiger partial charge is 0.392 e. The normalized spacial score (nSPS) is 34.1. The molecular weight excluding hydrogens is 200 g/mol. The van der Waals surface area contributed by atoms with Gasteiger partial charge in [0.05, 0.1) is 6.10 Å². The van der Waals surface area contributed by atoms with Crippen molar-refractivity contribution in [3.63, 3.8) is 0 Å². The van der Waals surface area contributed by atoms with Crippen LogP contribution < -0.4 is 5.32 Å². The quantitative estimate of drug-likeness (QED) is 0.716. The summed E-state index contributed by atoms with van der Waals surface area (Å²) in [7, 11) is 0. The van der Waals surface area contributed by atoms with Crippen molar-refractivity contribution in [1.82, 2.24) is 10.2 Å². The number of piperidine rings is 1. The second kappa shape index (κ2) is 5.91. The number of hydrogen-bond donors (Lipinski definition) is 2. The highest BCUT2D eigenvalue weighted by atomic mass is 35.5. The van der Waals surface area contributed by atoms with Crippen LogP contribution in [0, 0.1) is 0 Å². The van der Waals surface area contributed by atoms with Crippen molar-refractivity contribution in [2.24, 2.45) is 0 Å². The predicted octanol–water partition coefficient (Wildman–Crippen LogP) is 0.617. The third kappa shape index (κ3) is 3.39. The van der Waals surface area contributed by atoms with Gasteiger partial charge in [0.25, 0.3) is 0 Å². The topological polar surface area (TPSA) is 35.5 Å². The fourth-order valence-electron chi connectivity index (χ4n) is 2.42. The Bertz CT molecular complexity index is 162. The van der Waals surface area contributed by atoms with E-state index >= 15 is 0 Å². The Kier molecular flexibility index (Phi) is 5.17. The first-order valence-corrected chi connectivity index (χ1v) is 5.48. The summed E-state index contributed by atoms with van der Waals surface area (Å²) in [6.45, 7) is 4.38. The highest BCUT2D eigenvalue weighted by molar-refractivity contribution is 5.85. The van der Waals surface area contributed by atoms with E-state index in [9.17, 15) is 5.11 Å². The average Bonchev–Trinajstić information content (AvgIpc) is 2.57. The summed E-state index contributed by atoms with van der Waals surface area (Å²) in [5.74, 6) is 0. The van der Waals surface area contributed by atoms with Gasteiger partial charge in [0.15, 0.2) is 0 Å². The van der Waals surface area contributed by atoms with Gasteiger partial charge in [0, 0.05) is 19.1 Å². The second-order valence-electron chi connectivity index (χ2n) is 4.35. The SMILES string of the molecule is Cl.O[C@H]1CCCN(C[C@@H]2CCCN2)C1. The van der Waals surface area contributed by atoms with E-state index in [4.69, 9.17) is 0 Å². The van der Waals surface area contributed by atoms with E-state index in [1.54, 1.807) is 0 Å². The van der Waals surface area contributed by atoms with Gasteiger partial charge in [-0.25, -0.2) is 0 Å². The van der Waals surface area contributed by atoms with Crippen molar-refractivity contribution in [1.29, 1.82) is 0 Å². The Hall–Kier alpha value is 0.170. The number of nitrogens with zero attached hydrogens (tertiary/aromatic N) is 1. The van der Waals surface area contributed by atoms with Crippen LogP contribution in [0.15, 0.2) is 0 Å². The van der Waals surface area contributed by atoms with Gasteiger partial charge in [0.1, 0.15) is 0 Å². The molecule has 0 radical (unpaired) electrons. The maximum Gasteiger partial charge on any atom is 0.0667 e. The Morgan fingerprint density at radius 3 is 2.79 bits per heavy atom. The first kappa shape index (κ1) is 12.2. The molecule has 0 amide bonds. The molecule has 4 heteroatoms. The monoisotopic (exact) mass is 220 g/mol. The van der Waals surface area contributed by atoms with Crippen LogP contribution in [0.4, 0.5) is 0 Å². The van der Waals surface area contributed by atoms with Gasteiger partial charge in [-0.15, -0.1) is 12.4 Å². The zero-order chi connectivity index (χ0) is 9.10. The Balaban J connectivity index is 0.000000980. The van der Waals surface area contributed by atoms with Gasteiger partial charge in [-0.05, 0) is 38.8 Å². The Morgan fingerprint density at radius 2 is 2.14 bits per heavy atom. The van der Waals surface area contributed by atoms with Crippen molar-refractivity contribution >= 4 is 12.4 Å². The van der Waals surface area contributed by atoms with Gasteiger partial charge in [-0.2, -0.15) is 0 Å². The summed E-state index contributed by atoms with van der Waals surface area (Å²) >= 11 is 0. The first-order valence-electron chi connectivity index (χ1n) is 5.48. The van der Waals surface area contributed by atoms with E-state index in [1.807, 2.05) is 0 Å². The molecule has 0 aromatic heterocycles. The Labute approximate surface area is 92.3 Å². The van der Waals surface area contributed by atoms with E-state index < -0.39 is 0 Å². The van der Waals surface area contributed by atoms with E-state index in [0.717, 1.165) is 25.9 Å². The van der Waals surface area contributed by atoms with E-state index in [0.29, 0.717) is 6.04 Å². The molecule has 0 spiro atoms. The molecular formula is C10H21ClN2O. The number of halogens is 1.